The zero-order chi connectivity index (χ0) is 14.0. The molecule has 2 aromatic carbocycles. The molecule has 2 nitrogen and oxygen atoms in total. The van der Waals surface area contributed by atoms with Gasteiger partial charge in [-0.05, 0) is 55.3 Å². The summed E-state index contributed by atoms with van der Waals surface area (Å²) in [7, 11) is 0. The van der Waals surface area contributed by atoms with E-state index in [1.807, 2.05) is 50.2 Å². The van der Waals surface area contributed by atoms with Gasteiger partial charge in [0.25, 0.3) is 5.91 Å². The molecule has 0 spiro atoms. The number of carbonyl (C=O) groups is 1. The molecule has 0 heterocycles. The van der Waals surface area contributed by atoms with Crippen LogP contribution >= 0.6 is 31.9 Å². The summed E-state index contributed by atoms with van der Waals surface area (Å²) in [4.78, 5) is 12.2. The van der Waals surface area contributed by atoms with Crippen LogP contribution in [-0.2, 0) is 0 Å². The van der Waals surface area contributed by atoms with Gasteiger partial charge in [0, 0.05) is 20.2 Å². The standard InChI is InChI=1S/C15H13Br2NO/c1-9-5-11(7-13(17)6-9)15(19)18-14-8-12(16)4-3-10(14)2/h3-8H,1-2H3,(H,18,19). The molecule has 0 unspecified atom stereocenters. The molecule has 0 aliphatic heterocycles. The molecule has 0 aromatic heterocycles. The fourth-order valence-corrected chi connectivity index (χ4v) is 2.76. The van der Waals surface area contributed by atoms with Crippen molar-refractivity contribution >= 4 is 43.5 Å². The minimum Gasteiger partial charge on any atom is -0.322 e. The van der Waals surface area contributed by atoms with Crippen molar-refractivity contribution in [1.82, 2.24) is 0 Å². The average Bonchev–Trinajstić information content (AvgIpc) is 2.32. The molecule has 0 bridgehead atoms. The van der Waals surface area contributed by atoms with Crippen molar-refractivity contribution in [3.63, 3.8) is 0 Å². The third-order valence-electron chi connectivity index (χ3n) is 2.75. The Hall–Kier alpha value is -1.13. The van der Waals surface area contributed by atoms with Crippen molar-refractivity contribution < 1.29 is 4.79 Å². The third-order valence-corrected chi connectivity index (χ3v) is 3.70. The minimum absolute atomic E-state index is 0.106. The van der Waals surface area contributed by atoms with E-state index in [-0.39, 0.29) is 5.91 Å². The second-order valence-corrected chi connectivity index (χ2v) is 6.26. The summed E-state index contributed by atoms with van der Waals surface area (Å²) in [5.41, 5.74) is 3.54. The molecule has 2 rings (SSSR count). The summed E-state index contributed by atoms with van der Waals surface area (Å²) >= 11 is 6.81. The minimum atomic E-state index is -0.106. The van der Waals surface area contributed by atoms with E-state index < -0.39 is 0 Å². The topological polar surface area (TPSA) is 29.1 Å². The lowest BCUT2D eigenvalue weighted by Crippen LogP contribution is -2.13. The molecule has 0 fully saturated rings. The van der Waals surface area contributed by atoms with Gasteiger partial charge in [-0.1, -0.05) is 37.9 Å². The zero-order valence-electron chi connectivity index (χ0n) is 10.6. The number of amides is 1. The van der Waals surface area contributed by atoms with Crippen LogP contribution in [0.1, 0.15) is 21.5 Å². The predicted molar refractivity (Wildman–Crippen MR) is 85.7 cm³/mol. The lowest BCUT2D eigenvalue weighted by molar-refractivity contribution is 0.102. The highest BCUT2D eigenvalue weighted by molar-refractivity contribution is 9.10. The summed E-state index contributed by atoms with van der Waals surface area (Å²) in [5.74, 6) is -0.106. The average molecular weight is 383 g/mol. The molecule has 0 aliphatic rings. The van der Waals surface area contributed by atoms with Gasteiger partial charge in [-0.3, -0.25) is 4.79 Å². The number of rotatable bonds is 2. The molecular formula is C15H13Br2NO. The molecule has 2 aromatic rings. The Labute approximate surface area is 129 Å². The van der Waals surface area contributed by atoms with Crippen molar-refractivity contribution in [2.75, 3.05) is 5.32 Å². The second kappa shape index (κ2) is 5.88. The predicted octanol–water partition coefficient (Wildman–Crippen LogP) is 5.08. The van der Waals surface area contributed by atoms with E-state index >= 15 is 0 Å². The van der Waals surface area contributed by atoms with Crippen molar-refractivity contribution in [3.05, 3.63) is 62.0 Å². The highest BCUT2D eigenvalue weighted by atomic mass is 79.9. The lowest BCUT2D eigenvalue weighted by Gasteiger charge is -2.09. The summed E-state index contributed by atoms with van der Waals surface area (Å²) in [5, 5.41) is 2.93. The van der Waals surface area contributed by atoms with Gasteiger partial charge in [-0.15, -0.1) is 0 Å². The Balaban J connectivity index is 2.28. The van der Waals surface area contributed by atoms with Crippen molar-refractivity contribution in [2.24, 2.45) is 0 Å². The fourth-order valence-electron chi connectivity index (χ4n) is 1.79. The van der Waals surface area contributed by atoms with Crippen LogP contribution in [0.25, 0.3) is 0 Å². The van der Waals surface area contributed by atoms with E-state index in [0.717, 1.165) is 25.8 Å². The quantitative estimate of drug-likeness (QED) is 0.770. The molecule has 19 heavy (non-hydrogen) atoms. The van der Waals surface area contributed by atoms with Gasteiger partial charge in [-0.25, -0.2) is 0 Å². The first-order valence-corrected chi connectivity index (χ1v) is 7.39. The summed E-state index contributed by atoms with van der Waals surface area (Å²) in [6.45, 7) is 3.93. The number of anilines is 1. The maximum absolute atomic E-state index is 12.2. The maximum atomic E-state index is 12.2. The van der Waals surface area contributed by atoms with Crippen LogP contribution in [0, 0.1) is 13.8 Å². The van der Waals surface area contributed by atoms with Crippen LogP contribution in [-0.4, -0.2) is 5.91 Å². The van der Waals surface area contributed by atoms with E-state index in [2.05, 4.69) is 37.2 Å². The summed E-state index contributed by atoms with van der Waals surface area (Å²) in [6.07, 6.45) is 0. The van der Waals surface area contributed by atoms with E-state index in [1.54, 1.807) is 0 Å². The van der Waals surface area contributed by atoms with Crippen LogP contribution < -0.4 is 5.32 Å². The second-order valence-electron chi connectivity index (χ2n) is 4.43. The Bertz CT molecular complexity index is 618. The van der Waals surface area contributed by atoms with Crippen molar-refractivity contribution in [1.29, 1.82) is 0 Å². The largest absolute Gasteiger partial charge is 0.322 e. The monoisotopic (exact) mass is 381 g/mol. The van der Waals surface area contributed by atoms with Gasteiger partial charge >= 0.3 is 0 Å². The van der Waals surface area contributed by atoms with E-state index in [0.29, 0.717) is 5.56 Å². The van der Waals surface area contributed by atoms with E-state index in [4.69, 9.17) is 0 Å². The van der Waals surface area contributed by atoms with Crippen LogP contribution in [0.4, 0.5) is 5.69 Å². The lowest BCUT2D eigenvalue weighted by atomic mass is 10.1. The van der Waals surface area contributed by atoms with Crippen LogP contribution in [0.2, 0.25) is 0 Å². The molecule has 4 heteroatoms. The Morgan fingerprint density at radius 1 is 1.00 bits per heavy atom. The Morgan fingerprint density at radius 2 is 1.74 bits per heavy atom. The molecule has 0 radical (unpaired) electrons. The molecule has 0 saturated heterocycles. The summed E-state index contributed by atoms with van der Waals surface area (Å²) in [6, 6.07) is 11.5. The number of carbonyl (C=O) groups excluding carboxylic acids is 1. The normalized spacial score (nSPS) is 10.3. The van der Waals surface area contributed by atoms with E-state index in [1.165, 1.54) is 0 Å². The highest BCUT2D eigenvalue weighted by Crippen LogP contribution is 2.22. The van der Waals surface area contributed by atoms with Crippen molar-refractivity contribution in [2.45, 2.75) is 13.8 Å². The zero-order valence-corrected chi connectivity index (χ0v) is 13.8. The van der Waals surface area contributed by atoms with Gasteiger partial charge in [0.15, 0.2) is 0 Å². The fraction of sp³-hybridized carbons (Fsp3) is 0.133. The van der Waals surface area contributed by atoms with Gasteiger partial charge in [0.05, 0.1) is 0 Å². The molecule has 1 N–H and O–H groups in total. The van der Waals surface area contributed by atoms with Gasteiger partial charge in [0.1, 0.15) is 0 Å². The molecule has 1 amide bonds. The molecule has 0 saturated carbocycles. The van der Waals surface area contributed by atoms with Gasteiger partial charge in [-0.2, -0.15) is 0 Å². The third kappa shape index (κ3) is 3.67. The number of aryl methyl sites for hydroxylation is 2. The Kier molecular flexibility index (Phi) is 4.42. The number of hydrogen-bond donors (Lipinski definition) is 1. The number of benzene rings is 2. The Morgan fingerprint density at radius 3 is 2.42 bits per heavy atom. The summed E-state index contributed by atoms with van der Waals surface area (Å²) < 4.78 is 1.85. The first kappa shape index (κ1) is 14.3. The number of hydrogen-bond acceptors (Lipinski definition) is 1. The maximum Gasteiger partial charge on any atom is 0.255 e. The van der Waals surface area contributed by atoms with Gasteiger partial charge < -0.3 is 5.32 Å². The molecule has 98 valence electrons. The smallest absolute Gasteiger partial charge is 0.255 e. The van der Waals surface area contributed by atoms with E-state index in [9.17, 15) is 4.79 Å². The van der Waals surface area contributed by atoms with Crippen LogP contribution in [0.5, 0.6) is 0 Å². The molecule has 0 atom stereocenters. The molecule has 0 aliphatic carbocycles. The van der Waals surface area contributed by atoms with Gasteiger partial charge in [0.2, 0.25) is 0 Å². The molecular weight excluding hydrogens is 370 g/mol. The SMILES string of the molecule is Cc1cc(Br)cc(C(=O)Nc2cc(Br)ccc2C)c1. The first-order valence-electron chi connectivity index (χ1n) is 5.80. The first-order chi connectivity index (χ1) is 8.95. The highest BCUT2D eigenvalue weighted by Gasteiger charge is 2.09. The number of nitrogens with one attached hydrogen (secondary N) is 1. The van der Waals surface area contributed by atoms with Crippen LogP contribution in [0.15, 0.2) is 45.3 Å². The number of halogens is 2. The van der Waals surface area contributed by atoms with Crippen molar-refractivity contribution in [3.8, 4) is 0 Å². The van der Waals surface area contributed by atoms with Crippen LogP contribution in [0.3, 0.4) is 0 Å².